The van der Waals surface area contributed by atoms with Crippen LogP contribution in [0.4, 0.5) is 15.8 Å². The molecule has 4 aromatic rings. The fourth-order valence-electron chi connectivity index (χ4n) is 7.80. The number of sulfonamides is 2. The Morgan fingerprint density at radius 2 is 1.28 bits per heavy atom. The fourth-order valence-corrected chi connectivity index (χ4v) is 11.2. The van der Waals surface area contributed by atoms with Gasteiger partial charge in [0, 0.05) is 38.1 Å². The van der Waals surface area contributed by atoms with Crippen molar-refractivity contribution in [3.8, 4) is 11.8 Å². The fraction of sp³-hybridized carbons (Fsp3) is 0.364. The molecule has 3 N–H and O–H groups in total. The molecule has 0 aromatic heterocycles. The van der Waals surface area contributed by atoms with Crippen LogP contribution < -0.4 is 13.9 Å². The van der Waals surface area contributed by atoms with E-state index in [4.69, 9.17) is 10.2 Å². The summed E-state index contributed by atoms with van der Waals surface area (Å²) in [4.78, 5) is 21.7. The van der Waals surface area contributed by atoms with Gasteiger partial charge in [0.2, 0.25) is 0 Å². The van der Waals surface area contributed by atoms with Crippen molar-refractivity contribution in [2.24, 2.45) is 0 Å². The molecule has 4 aromatic carbocycles. The molecule has 0 saturated carbocycles. The van der Waals surface area contributed by atoms with E-state index in [1.807, 2.05) is 0 Å². The number of para-hydroxylation sites is 1. The van der Waals surface area contributed by atoms with Crippen LogP contribution in [0.1, 0.15) is 110 Å². The monoisotopic (exact) mass is 937 g/mol. The van der Waals surface area contributed by atoms with Crippen molar-refractivity contribution >= 4 is 59.3 Å². The summed E-state index contributed by atoms with van der Waals surface area (Å²) >= 11 is 3.14. The number of nitrogens with zero attached hydrogens (tertiary/aromatic N) is 3. The van der Waals surface area contributed by atoms with Gasteiger partial charge in [-0.05, 0) is 125 Å². The number of fused-ring (bicyclic) bond motifs is 4. The molecule has 2 atom stereocenters. The molecule has 0 saturated heterocycles. The Hall–Kier alpha value is -4.83. The van der Waals surface area contributed by atoms with E-state index in [1.54, 1.807) is 54.6 Å². The number of rotatable bonds is 16. The number of unbranched alkanes of at least 4 members (excludes halogenated alkanes) is 6. The van der Waals surface area contributed by atoms with Gasteiger partial charge in [-0.15, -0.1) is 0 Å². The SMILES string of the molecule is CN1c2ccc(C#Cc3ccc4c(c3)S(=O)(=O)N(C)c3ccccc3C4N([O-])CCCCCCC(=O)O)cc2C(NCCCCCCC(=O)O)c2cc(F)c(Br)cc2S1(=O)=O. The van der Waals surface area contributed by atoms with Gasteiger partial charge in [-0.1, -0.05) is 61.8 Å². The Morgan fingerprint density at radius 1 is 0.721 bits per heavy atom. The van der Waals surface area contributed by atoms with Gasteiger partial charge in [0.05, 0.1) is 37.7 Å². The number of carboxylic acids is 2. The average molecular weight is 939 g/mol. The molecular formula is C44H47BrFN4O9S2-. The van der Waals surface area contributed by atoms with Gasteiger partial charge in [0.15, 0.2) is 0 Å². The Balaban J connectivity index is 1.34. The Labute approximate surface area is 364 Å². The predicted molar refractivity (Wildman–Crippen MR) is 234 cm³/mol. The van der Waals surface area contributed by atoms with Crippen LogP contribution in [0.3, 0.4) is 0 Å². The van der Waals surface area contributed by atoms with E-state index in [0.717, 1.165) is 20.1 Å². The summed E-state index contributed by atoms with van der Waals surface area (Å²) in [5, 5.41) is 36.1. The van der Waals surface area contributed by atoms with Gasteiger partial charge in [-0.2, -0.15) is 0 Å². The van der Waals surface area contributed by atoms with Crippen LogP contribution in [-0.4, -0.2) is 71.2 Å². The Kier molecular flexibility index (Phi) is 14.6. The quantitative estimate of drug-likeness (QED) is 0.0563. The summed E-state index contributed by atoms with van der Waals surface area (Å²) in [6, 6.07) is 17.3. The smallest absolute Gasteiger partial charge is 0.303 e. The van der Waals surface area contributed by atoms with Crippen LogP contribution in [0.5, 0.6) is 0 Å². The molecule has 2 unspecified atom stereocenters. The van der Waals surface area contributed by atoms with Gasteiger partial charge < -0.3 is 25.8 Å². The summed E-state index contributed by atoms with van der Waals surface area (Å²) in [5.41, 5.74) is 3.10. The van der Waals surface area contributed by atoms with Crippen LogP contribution in [0.25, 0.3) is 0 Å². The number of nitrogens with one attached hydrogen (secondary N) is 1. The van der Waals surface area contributed by atoms with E-state index >= 15 is 4.39 Å². The van der Waals surface area contributed by atoms with E-state index in [0.29, 0.717) is 90.7 Å². The van der Waals surface area contributed by atoms with Gasteiger partial charge in [0.1, 0.15) is 5.82 Å². The molecule has 0 amide bonds. The number of aliphatic carboxylic acids is 2. The first-order chi connectivity index (χ1) is 29.0. The number of hydroxylamine groups is 2. The van der Waals surface area contributed by atoms with Crippen molar-refractivity contribution in [3.05, 3.63) is 122 Å². The number of hydrogen-bond acceptors (Lipinski definition) is 9. The van der Waals surface area contributed by atoms with Crippen molar-refractivity contribution in [2.75, 3.05) is 35.8 Å². The van der Waals surface area contributed by atoms with Gasteiger partial charge in [-0.25, -0.2) is 21.2 Å². The lowest BCUT2D eigenvalue weighted by Gasteiger charge is -2.38. The summed E-state index contributed by atoms with van der Waals surface area (Å²) in [5.74, 6) is 3.80. The molecule has 0 spiro atoms. The van der Waals surface area contributed by atoms with Crippen molar-refractivity contribution in [3.63, 3.8) is 0 Å². The maximum Gasteiger partial charge on any atom is 0.303 e. The summed E-state index contributed by atoms with van der Waals surface area (Å²) in [6.45, 7) is 0.521. The number of carbonyl (C=O) groups is 2. The number of anilines is 2. The van der Waals surface area contributed by atoms with E-state index in [9.17, 15) is 31.6 Å². The molecule has 0 aliphatic carbocycles. The van der Waals surface area contributed by atoms with E-state index < -0.39 is 49.9 Å². The van der Waals surface area contributed by atoms with Gasteiger partial charge >= 0.3 is 11.9 Å². The highest BCUT2D eigenvalue weighted by molar-refractivity contribution is 9.10. The minimum Gasteiger partial charge on any atom is -0.784 e. The highest BCUT2D eigenvalue weighted by atomic mass is 79.9. The van der Waals surface area contributed by atoms with Crippen molar-refractivity contribution < 1.29 is 41.0 Å². The topological polar surface area (TPSA) is 188 Å². The lowest BCUT2D eigenvalue weighted by molar-refractivity contribution is -0.138. The summed E-state index contributed by atoms with van der Waals surface area (Å²) < 4.78 is 73.8. The van der Waals surface area contributed by atoms with Crippen LogP contribution in [-0.2, 0) is 29.6 Å². The molecule has 2 heterocycles. The van der Waals surface area contributed by atoms with Crippen LogP contribution in [0.15, 0.2) is 87.1 Å². The zero-order valence-corrected chi connectivity index (χ0v) is 37.0. The van der Waals surface area contributed by atoms with E-state index in [2.05, 4.69) is 33.1 Å². The largest absolute Gasteiger partial charge is 0.784 e. The van der Waals surface area contributed by atoms with E-state index in [-0.39, 0.29) is 39.2 Å². The maximum atomic E-state index is 15.2. The highest BCUT2D eigenvalue weighted by Gasteiger charge is 2.37. The minimum atomic E-state index is -4.17. The molecule has 61 heavy (non-hydrogen) atoms. The van der Waals surface area contributed by atoms with Gasteiger partial charge in [-0.3, -0.25) is 18.2 Å². The lowest BCUT2D eigenvalue weighted by atomic mass is 9.94. The third-order valence-electron chi connectivity index (χ3n) is 11.0. The first-order valence-corrected chi connectivity index (χ1v) is 23.7. The maximum absolute atomic E-state index is 15.2. The normalized spacial score (nSPS) is 17.2. The second kappa shape index (κ2) is 19.5. The van der Waals surface area contributed by atoms with Crippen molar-refractivity contribution in [2.45, 2.75) is 86.1 Å². The molecule has 0 radical (unpaired) electrons. The number of benzene rings is 4. The zero-order valence-electron chi connectivity index (χ0n) is 33.7. The summed E-state index contributed by atoms with van der Waals surface area (Å²) in [6.07, 6.45) is 5.04. The number of hydrogen-bond donors (Lipinski definition) is 3. The predicted octanol–water partition coefficient (Wildman–Crippen LogP) is 7.90. The van der Waals surface area contributed by atoms with Crippen LogP contribution >= 0.6 is 15.9 Å². The molecule has 0 fully saturated rings. The zero-order chi connectivity index (χ0) is 44.1. The molecule has 2 aliphatic rings. The van der Waals surface area contributed by atoms with Crippen molar-refractivity contribution in [1.82, 2.24) is 10.4 Å². The lowest BCUT2D eigenvalue weighted by Crippen LogP contribution is -2.26. The molecule has 13 nitrogen and oxygen atoms in total. The second-order valence-corrected chi connectivity index (χ2v) is 19.9. The average Bonchev–Trinajstić information content (AvgIpc) is 3.33. The van der Waals surface area contributed by atoms with Gasteiger partial charge in [0.25, 0.3) is 20.0 Å². The van der Waals surface area contributed by atoms with Crippen LogP contribution in [0.2, 0.25) is 0 Å². The summed E-state index contributed by atoms with van der Waals surface area (Å²) in [7, 11) is -5.43. The first-order valence-electron chi connectivity index (χ1n) is 20.0. The molecule has 324 valence electrons. The third kappa shape index (κ3) is 10.1. The Bertz CT molecular complexity index is 2600. The number of carboxylic acid groups (broad SMARTS) is 2. The molecule has 0 bridgehead atoms. The third-order valence-corrected chi connectivity index (χ3v) is 15.3. The molecule has 17 heteroatoms. The van der Waals surface area contributed by atoms with E-state index in [1.165, 1.54) is 32.3 Å². The van der Waals surface area contributed by atoms with Crippen LogP contribution in [0, 0.1) is 22.9 Å². The Morgan fingerprint density at radius 3 is 1.93 bits per heavy atom. The highest BCUT2D eigenvalue weighted by Crippen LogP contribution is 2.44. The molecule has 6 rings (SSSR count). The minimum absolute atomic E-state index is 0.00463. The molecule has 2 aliphatic heterocycles. The molecular weight excluding hydrogens is 892 g/mol. The van der Waals surface area contributed by atoms with Crippen molar-refractivity contribution in [1.29, 1.82) is 0 Å². The standard InChI is InChI=1S/C44H47BrFN4O9S2/c1-48-37-14-10-9-13-31(37)44(50(55)24-12-6-4-8-16-42(53)54)32-21-19-30(26-39(32)60(48,56)57)18-17-29-20-22-38-33(25-29)43(47-23-11-5-3-7-15-41(51)52)34-27-36(46)35(45)28-40(34)61(58,59)49(38)2/h9-10,13-14,19-22,25-28,43-44,47H,3-8,11-12,15-16,23-24H2,1-2H3,(H,51,52)(H,53,54)/q-1. The number of halogens is 2. The first kappa shape index (κ1) is 45.7. The second-order valence-electron chi connectivity index (χ2n) is 15.1.